The molecule has 0 radical (unpaired) electrons. The van der Waals surface area contributed by atoms with Crippen molar-refractivity contribution in [2.75, 3.05) is 24.6 Å². The minimum Gasteiger partial charge on any atom is -0.490 e. The summed E-state index contributed by atoms with van der Waals surface area (Å²) in [6.07, 6.45) is 14.8. The van der Waals surface area contributed by atoms with Crippen LogP contribution in [0, 0.1) is 29.6 Å². The number of benzene rings is 2. The molecule has 7 unspecified atom stereocenters. The van der Waals surface area contributed by atoms with E-state index in [2.05, 4.69) is 73.4 Å². The first-order chi connectivity index (χ1) is 20.8. The van der Waals surface area contributed by atoms with Gasteiger partial charge in [-0.1, -0.05) is 56.7 Å². The van der Waals surface area contributed by atoms with Crippen LogP contribution in [0.4, 0.5) is 5.69 Å². The maximum Gasteiger partial charge on any atom is 0.261 e. The van der Waals surface area contributed by atoms with E-state index in [1.807, 2.05) is 18.2 Å². The van der Waals surface area contributed by atoms with E-state index in [4.69, 9.17) is 16.3 Å². The van der Waals surface area contributed by atoms with Gasteiger partial charge in [0.05, 0.1) is 12.3 Å². The van der Waals surface area contributed by atoms with Crippen LogP contribution < -0.4 is 14.4 Å². The van der Waals surface area contributed by atoms with Gasteiger partial charge in [0.25, 0.3) is 5.91 Å². The van der Waals surface area contributed by atoms with Crippen molar-refractivity contribution in [2.24, 2.45) is 29.6 Å². The fourth-order valence-electron chi connectivity index (χ4n) is 8.07. The highest BCUT2D eigenvalue weighted by Crippen LogP contribution is 2.50. The molecule has 1 amide bonds. The van der Waals surface area contributed by atoms with Crippen molar-refractivity contribution >= 4 is 35.1 Å². The smallest absolute Gasteiger partial charge is 0.261 e. The van der Waals surface area contributed by atoms with Crippen molar-refractivity contribution in [3.8, 4) is 5.75 Å². The summed E-state index contributed by atoms with van der Waals surface area (Å²) in [7, 11) is 0. The second-order valence-electron chi connectivity index (χ2n) is 13.8. The van der Waals surface area contributed by atoms with Gasteiger partial charge in [-0.25, -0.2) is 0 Å². The summed E-state index contributed by atoms with van der Waals surface area (Å²) in [5.74, 6) is 3.75. The molecular weight excluding hydrogens is 572 g/mol. The lowest BCUT2D eigenvalue weighted by Crippen LogP contribution is -2.51. The quantitative estimate of drug-likeness (QED) is 0.275. The molecule has 0 saturated heterocycles. The van der Waals surface area contributed by atoms with Gasteiger partial charge < -0.3 is 9.64 Å². The topological polar surface area (TPSA) is 41.6 Å². The highest BCUT2D eigenvalue weighted by atomic mass is 35.5. The number of amides is 1. The number of anilines is 1. The van der Waals surface area contributed by atoms with Gasteiger partial charge in [0.1, 0.15) is 5.75 Å². The standard InChI is InChI=1S/C37H47ClN2O2S/c1-5-6-10-27-11-7-9-24(2)26(4)43-39-36(41)29-13-16-35-34(20-29)40(21-32-25(3)18-31(27)32)22-37(23-42-35)17-8-12-28-19-30(38)14-15-33(28)37/h5,7,11,13-16,19-20,24-27,31-32H,1,6,8-10,12,17-18,21-23H2,2-4H3,(H,39,41)/b11-7+. The number of carbonyl (C=O) groups is 1. The molecule has 6 heteroatoms. The van der Waals surface area contributed by atoms with Crippen molar-refractivity contribution < 1.29 is 9.53 Å². The van der Waals surface area contributed by atoms with Crippen LogP contribution in [0.5, 0.6) is 5.75 Å². The number of nitrogens with zero attached hydrogens (tertiary/aromatic N) is 1. The van der Waals surface area contributed by atoms with E-state index in [0.717, 1.165) is 68.1 Å². The van der Waals surface area contributed by atoms with Crippen LogP contribution in [0.25, 0.3) is 0 Å². The van der Waals surface area contributed by atoms with Crippen molar-refractivity contribution in [1.29, 1.82) is 0 Å². The fraction of sp³-hybridized carbons (Fsp3) is 0.541. The Bertz CT molecular complexity index is 1380. The lowest BCUT2D eigenvalue weighted by molar-refractivity contribution is 0.0521. The zero-order valence-corrected chi connectivity index (χ0v) is 27.6. The Morgan fingerprint density at radius 3 is 2.84 bits per heavy atom. The van der Waals surface area contributed by atoms with Crippen LogP contribution in [-0.4, -0.2) is 30.9 Å². The summed E-state index contributed by atoms with van der Waals surface area (Å²) in [6.45, 7) is 13.5. The molecule has 0 aromatic heterocycles. The number of hydrogen-bond acceptors (Lipinski definition) is 4. The van der Waals surface area contributed by atoms with Gasteiger partial charge in [0.2, 0.25) is 0 Å². The van der Waals surface area contributed by atoms with Crippen molar-refractivity contribution in [3.63, 3.8) is 0 Å². The van der Waals surface area contributed by atoms with Crippen LogP contribution in [0.2, 0.25) is 5.02 Å². The molecule has 6 rings (SSSR count). The summed E-state index contributed by atoms with van der Waals surface area (Å²) in [6, 6.07) is 12.5. The minimum atomic E-state index is -0.119. The number of nitrogens with one attached hydrogen (secondary N) is 1. The van der Waals surface area contributed by atoms with Crippen LogP contribution in [0.15, 0.2) is 61.2 Å². The molecule has 4 nitrogen and oxygen atoms in total. The van der Waals surface area contributed by atoms with Gasteiger partial charge in [-0.3, -0.25) is 9.52 Å². The molecule has 4 aliphatic rings. The fourth-order valence-corrected chi connectivity index (χ4v) is 9.02. The van der Waals surface area contributed by atoms with Crippen LogP contribution in [-0.2, 0) is 11.8 Å². The number of ether oxygens (including phenoxy) is 1. The molecule has 1 spiro atoms. The highest BCUT2D eigenvalue weighted by molar-refractivity contribution is 7.98. The Balaban J connectivity index is 1.41. The average molecular weight is 619 g/mol. The van der Waals surface area contributed by atoms with Crippen molar-refractivity contribution in [3.05, 3.63) is 82.9 Å². The number of hydrogen-bond donors (Lipinski definition) is 1. The van der Waals surface area contributed by atoms with Crippen LogP contribution in [0.1, 0.15) is 80.8 Å². The molecule has 2 aromatic rings. The number of rotatable bonds is 3. The van der Waals surface area contributed by atoms with Crippen molar-refractivity contribution in [2.45, 2.75) is 76.4 Å². The number of aryl methyl sites for hydroxylation is 1. The van der Waals surface area contributed by atoms with Gasteiger partial charge in [-0.05, 0) is 128 Å². The third-order valence-electron chi connectivity index (χ3n) is 10.9. The summed E-state index contributed by atoms with van der Waals surface area (Å²) in [4.78, 5) is 16.0. The first-order valence-corrected chi connectivity index (χ1v) is 17.6. The molecule has 1 fully saturated rings. The first-order valence-electron chi connectivity index (χ1n) is 16.3. The number of carbonyl (C=O) groups excluding carboxylic acids is 1. The summed E-state index contributed by atoms with van der Waals surface area (Å²) < 4.78 is 9.86. The van der Waals surface area contributed by atoms with Crippen molar-refractivity contribution in [1.82, 2.24) is 4.72 Å². The zero-order valence-electron chi connectivity index (χ0n) is 26.0. The number of fused-ring (bicyclic) bond motifs is 4. The first kappa shape index (κ1) is 30.6. The largest absolute Gasteiger partial charge is 0.490 e. The molecule has 2 heterocycles. The van der Waals surface area contributed by atoms with E-state index in [-0.39, 0.29) is 11.3 Å². The second kappa shape index (κ2) is 12.9. The van der Waals surface area contributed by atoms with E-state index in [0.29, 0.717) is 47.0 Å². The van der Waals surface area contributed by atoms with Gasteiger partial charge in [0, 0.05) is 34.3 Å². The Hall–Kier alpha value is -2.37. The third kappa shape index (κ3) is 6.27. The molecule has 43 heavy (non-hydrogen) atoms. The van der Waals surface area contributed by atoms with E-state index in [9.17, 15) is 4.79 Å². The molecular formula is C37H47ClN2O2S. The van der Waals surface area contributed by atoms with Crippen LogP contribution >= 0.6 is 23.5 Å². The van der Waals surface area contributed by atoms with E-state index in [1.54, 1.807) is 11.9 Å². The normalized spacial score (nSPS) is 33.2. The highest BCUT2D eigenvalue weighted by Gasteiger charge is 2.46. The molecule has 230 valence electrons. The summed E-state index contributed by atoms with van der Waals surface area (Å²) in [5, 5.41) is 1.12. The lowest BCUT2D eigenvalue weighted by Gasteiger charge is -2.50. The predicted octanol–water partition coefficient (Wildman–Crippen LogP) is 9.03. The molecule has 2 bridgehead atoms. The van der Waals surface area contributed by atoms with E-state index in [1.165, 1.54) is 17.5 Å². The molecule has 2 aliphatic heterocycles. The minimum absolute atomic E-state index is 0.0366. The van der Waals surface area contributed by atoms with Gasteiger partial charge in [-0.15, -0.1) is 6.58 Å². The second-order valence-corrected chi connectivity index (χ2v) is 15.4. The SMILES string of the molecule is C=CCCC1/C=C/CC(C)C(C)SNC(=O)c2ccc3c(c2)N(CC2C(C)CC12)CC1(CCCc2cc(Cl)ccc21)CO3. The zero-order chi connectivity index (χ0) is 30.1. The predicted molar refractivity (Wildman–Crippen MR) is 181 cm³/mol. The summed E-state index contributed by atoms with van der Waals surface area (Å²) in [5.41, 5.74) is 4.37. The average Bonchev–Trinajstić information content (AvgIpc) is 3.15. The summed E-state index contributed by atoms with van der Waals surface area (Å²) >= 11 is 8.01. The van der Waals surface area contributed by atoms with Gasteiger partial charge >= 0.3 is 0 Å². The Morgan fingerprint density at radius 1 is 1.16 bits per heavy atom. The monoisotopic (exact) mass is 618 g/mol. The van der Waals surface area contributed by atoms with Crippen LogP contribution in [0.3, 0.4) is 0 Å². The van der Waals surface area contributed by atoms with Gasteiger partial charge in [0.15, 0.2) is 0 Å². The van der Waals surface area contributed by atoms with Gasteiger partial charge in [-0.2, -0.15) is 0 Å². The Kier molecular flexibility index (Phi) is 9.22. The maximum atomic E-state index is 13.4. The third-order valence-corrected chi connectivity index (χ3v) is 12.3. The Morgan fingerprint density at radius 2 is 2.02 bits per heavy atom. The lowest BCUT2D eigenvalue weighted by atomic mass is 9.59. The number of halogens is 1. The van der Waals surface area contributed by atoms with E-state index >= 15 is 0 Å². The molecule has 1 saturated carbocycles. The molecule has 7 atom stereocenters. The molecule has 1 N–H and O–H groups in total. The number of allylic oxidation sites excluding steroid dienone is 3. The van der Waals surface area contributed by atoms with E-state index < -0.39 is 0 Å². The Labute approximate surface area is 267 Å². The molecule has 2 aliphatic carbocycles. The maximum absolute atomic E-state index is 13.4. The molecule has 2 aromatic carbocycles.